The Hall–Kier alpha value is -1.57. The van der Waals surface area contributed by atoms with Gasteiger partial charge >= 0.3 is 0 Å². The number of hydrogen-bond acceptors (Lipinski definition) is 5. The van der Waals surface area contributed by atoms with Crippen LogP contribution >= 0.6 is 24.2 Å². The van der Waals surface area contributed by atoms with Gasteiger partial charge in [0, 0.05) is 25.8 Å². The number of nitrogens with one attached hydrogen (secondary N) is 1. The maximum absolute atomic E-state index is 12.2. The highest BCUT2D eigenvalue weighted by Crippen LogP contribution is 2.16. The molecule has 8 heteroatoms. The van der Waals surface area contributed by atoms with E-state index in [0.29, 0.717) is 47.7 Å². The predicted molar refractivity (Wildman–Crippen MR) is 111 cm³/mol. The van der Waals surface area contributed by atoms with Gasteiger partial charge < -0.3 is 15.6 Å². The Morgan fingerprint density at radius 2 is 2.04 bits per heavy atom. The third-order valence-electron chi connectivity index (χ3n) is 4.00. The molecule has 0 unspecified atom stereocenters. The Bertz CT molecular complexity index is 794. The van der Waals surface area contributed by atoms with Crippen molar-refractivity contribution in [2.24, 2.45) is 11.1 Å². The number of H-pyrrole nitrogens is 1. The zero-order valence-corrected chi connectivity index (χ0v) is 17.1. The molecule has 2 aromatic rings. The number of rotatable bonds is 8. The molecule has 0 fully saturated rings. The molecule has 1 aromatic heterocycles. The molecule has 0 aliphatic carbocycles. The number of aromatic amines is 1. The van der Waals surface area contributed by atoms with Crippen molar-refractivity contribution in [3.63, 3.8) is 0 Å². The molecule has 6 nitrogen and oxygen atoms in total. The summed E-state index contributed by atoms with van der Waals surface area (Å²) in [6.07, 6.45) is 0.458. The van der Waals surface area contributed by atoms with Crippen molar-refractivity contribution in [1.29, 1.82) is 0 Å². The number of benzene rings is 1. The molecule has 0 aliphatic heterocycles. The fraction of sp³-hybridized carbons (Fsp3) is 0.500. The first-order valence-corrected chi connectivity index (χ1v) is 9.47. The molecular formula is C18H27ClN4O2S. The molecular weight excluding hydrogens is 372 g/mol. The summed E-state index contributed by atoms with van der Waals surface area (Å²) in [5, 5.41) is 0.593. The van der Waals surface area contributed by atoms with Crippen LogP contribution in [0.25, 0.3) is 10.9 Å². The molecule has 0 aliphatic rings. The first kappa shape index (κ1) is 22.5. The number of nitrogens with two attached hydrogens (primary N) is 1. The standard InChI is InChI=1S/C18H26N4O2S.ClH/c1-18(2,11-19)12-22(3)16(23)8-9-25-10-15-20-14-7-5-4-6-13(14)17(24)21-15;/h4-7H,8-12,19H2,1-3H3,(H,20,21,24);1H. The van der Waals surface area contributed by atoms with Gasteiger partial charge in [-0.2, -0.15) is 11.8 Å². The van der Waals surface area contributed by atoms with Gasteiger partial charge in [-0.25, -0.2) is 4.98 Å². The molecule has 1 amide bonds. The Morgan fingerprint density at radius 1 is 1.35 bits per heavy atom. The highest BCUT2D eigenvalue weighted by atomic mass is 35.5. The van der Waals surface area contributed by atoms with Crippen molar-refractivity contribution in [2.45, 2.75) is 26.0 Å². The lowest BCUT2D eigenvalue weighted by molar-refractivity contribution is -0.130. The SMILES string of the molecule is CN(CC(C)(C)CN)C(=O)CCSCc1nc2ccccc2c(=O)[nH]1.Cl. The van der Waals surface area contributed by atoms with Crippen LogP contribution in [0.5, 0.6) is 0 Å². The predicted octanol–water partition coefficient (Wildman–Crippen LogP) is 2.41. The van der Waals surface area contributed by atoms with E-state index in [0.717, 1.165) is 0 Å². The van der Waals surface area contributed by atoms with Crippen molar-refractivity contribution < 1.29 is 4.79 Å². The van der Waals surface area contributed by atoms with Crippen molar-refractivity contribution in [3.05, 3.63) is 40.4 Å². The number of carbonyl (C=O) groups is 1. The summed E-state index contributed by atoms with van der Waals surface area (Å²) in [6.45, 7) is 5.29. The van der Waals surface area contributed by atoms with Crippen molar-refractivity contribution in [1.82, 2.24) is 14.9 Å². The van der Waals surface area contributed by atoms with Crippen LogP contribution in [0.4, 0.5) is 0 Å². The summed E-state index contributed by atoms with van der Waals surface area (Å²) < 4.78 is 0. The van der Waals surface area contributed by atoms with Crippen LogP contribution in [0.1, 0.15) is 26.1 Å². The first-order valence-electron chi connectivity index (χ1n) is 8.32. The van der Waals surface area contributed by atoms with E-state index >= 15 is 0 Å². The number of aromatic nitrogens is 2. The number of para-hydroxylation sites is 1. The summed E-state index contributed by atoms with van der Waals surface area (Å²) in [6, 6.07) is 7.27. The van der Waals surface area contributed by atoms with E-state index in [1.54, 1.807) is 22.7 Å². The molecule has 26 heavy (non-hydrogen) atoms. The molecule has 0 atom stereocenters. The van der Waals surface area contributed by atoms with E-state index in [9.17, 15) is 9.59 Å². The van der Waals surface area contributed by atoms with Gasteiger partial charge in [-0.05, 0) is 24.1 Å². The average Bonchev–Trinajstić information content (AvgIpc) is 2.58. The zero-order valence-electron chi connectivity index (χ0n) is 15.4. The summed E-state index contributed by atoms with van der Waals surface area (Å²) in [5.74, 6) is 2.00. The molecule has 0 saturated heterocycles. The Morgan fingerprint density at radius 3 is 2.73 bits per heavy atom. The van der Waals surface area contributed by atoms with Crippen molar-refractivity contribution in [2.75, 3.05) is 25.9 Å². The molecule has 0 saturated carbocycles. The van der Waals surface area contributed by atoms with Crippen molar-refractivity contribution in [3.8, 4) is 0 Å². The summed E-state index contributed by atoms with van der Waals surface area (Å²) in [4.78, 5) is 33.2. The van der Waals surface area contributed by atoms with Gasteiger partial charge in [-0.1, -0.05) is 26.0 Å². The minimum absolute atomic E-state index is 0. The van der Waals surface area contributed by atoms with Gasteiger partial charge in [0.25, 0.3) is 5.56 Å². The van der Waals surface area contributed by atoms with E-state index in [2.05, 4.69) is 9.97 Å². The normalized spacial score (nSPS) is 11.2. The van der Waals surface area contributed by atoms with E-state index in [-0.39, 0.29) is 29.3 Å². The smallest absolute Gasteiger partial charge is 0.258 e. The van der Waals surface area contributed by atoms with Crippen LogP contribution in [0.3, 0.4) is 0 Å². The minimum Gasteiger partial charge on any atom is -0.345 e. The van der Waals surface area contributed by atoms with E-state index in [1.165, 1.54) is 0 Å². The van der Waals surface area contributed by atoms with Gasteiger partial charge in [0.05, 0.1) is 16.7 Å². The lowest BCUT2D eigenvalue weighted by atomic mass is 9.93. The zero-order chi connectivity index (χ0) is 18.4. The maximum atomic E-state index is 12.2. The Kier molecular flexibility index (Phi) is 8.59. The lowest BCUT2D eigenvalue weighted by Crippen LogP contribution is -2.39. The number of halogens is 1. The average molecular weight is 399 g/mol. The van der Waals surface area contributed by atoms with E-state index in [4.69, 9.17) is 5.73 Å². The lowest BCUT2D eigenvalue weighted by Gasteiger charge is -2.29. The second kappa shape index (κ2) is 9.94. The van der Waals surface area contributed by atoms with Gasteiger partial charge in [0.1, 0.15) is 5.82 Å². The Labute approximate surface area is 164 Å². The van der Waals surface area contributed by atoms with Crippen LogP contribution in [0.2, 0.25) is 0 Å². The van der Waals surface area contributed by atoms with E-state index < -0.39 is 0 Å². The quantitative estimate of drug-likeness (QED) is 0.666. The highest BCUT2D eigenvalue weighted by Gasteiger charge is 2.20. The van der Waals surface area contributed by atoms with Crippen LogP contribution in [-0.4, -0.2) is 46.7 Å². The van der Waals surface area contributed by atoms with Gasteiger partial charge in [0.15, 0.2) is 0 Å². The summed E-state index contributed by atoms with van der Waals surface area (Å²) in [5.41, 5.74) is 6.21. The number of thioether (sulfide) groups is 1. The van der Waals surface area contributed by atoms with Crippen molar-refractivity contribution >= 4 is 41.0 Å². The number of hydrogen-bond donors (Lipinski definition) is 2. The van der Waals surface area contributed by atoms with Crippen LogP contribution < -0.4 is 11.3 Å². The number of nitrogens with zero attached hydrogens (tertiary/aromatic N) is 2. The van der Waals surface area contributed by atoms with Crippen LogP contribution in [0.15, 0.2) is 29.1 Å². The Balaban J connectivity index is 0.00000338. The van der Waals surface area contributed by atoms with Crippen LogP contribution in [-0.2, 0) is 10.5 Å². The highest BCUT2D eigenvalue weighted by molar-refractivity contribution is 7.98. The fourth-order valence-electron chi connectivity index (χ4n) is 2.52. The van der Waals surface area contributed by atoms with E-state index in [1.807, 2.05) is 39.1 Å². The van der Waals surface area contributed by atoms with Crippen LogP contribution in [0, 0.1) is 5.41 Å². The second-order valence-corrected chi connectivity index (χ2v) is 8.06. The molecule has 0 bridgehead atoms. The van der Waals surface area contributed by atoms with Gasteiger partial charge in [-0.3, -0.25) is 9.59 Å². The molecule has 0 spiro atoms. The molecule has 1 aromatic carbocycles. The number of fused-ring (bicyclic) bond motifs is 1. The maximum Gasteiger partial charge on any atom is 0.258 e. The fourth-order valence-corrected chi connectivity index (χ4v) is 3.31. The molecule has 3 N–H and O–H groups in total. The number of amides is 1. The monoisotopic (exact) mass is 398 g/mol. The molecule has 144 valence electrons. The molecule has 2 rings (SSSR count). The molecule has 1 heterocycles. The second-order valence-electron chi connectivity index (χ2n) is 6.95. The van der Waals surface area contributed by atoms with Gasteiger partial charge in [0.2, 0.25) is 5.91 Å². The third-order valence-corrected chi connectivity index (χ3v) is 4.97. The third kappa shape index (κ3) is 6.30. The number of carbonyl (C=O) groups excluding carboxylic acids is 1. The first-order chi connectivity index (χ1) is 11.8. The summed E-state index contributed by atoms with van der Waals surface area (Å²) in [7, 11) is 1.81. The minimum atomic E-state index is -0.124. The largest absolute Gasteiger partial charge is 0.345 e. The molecule has 0 radical (unpaired) electrons. The van der Waals surface area contributed by atoms with Gasteiger partial charge in [-0.15, -0.1) is 12.4 Å². The summed E-state index contributed by atoms with van der Waals surface area (Å²) >= 11 is 1.59. The topological polar surface area (TPSA) is 92.1 Å².